The van der Waals surface area contributed by atoms with E-state index in [0.29, 0.717) is 22.5 Å². The molecule has 9 heteroatoms. The van der Waals surface area contributed by atoms with Crippen molar-refractivity contribution in [3.63, 3.8) is 0 Å². The van der Waals surface area contributed by atoms with Gasteiger partial charge in [0.2, 0.25) is 0 Å². The van der Waals surface area contributed by atoms with Gasteiger partial charge in [-0.05, 0) is 61.4 Å². The van der Waals surface area contributed by atoms with E-state index in [0.717, 1.165) is 0 Å². The lowest BCUT2D eigenvalue weighted by atomic mass is 10.1. The molecule has 0 saturated heterocycles. The number of methoxy groups -OCH3 is 1. The Balaban J connectivity index is 1.89. The summed E-state index contributed by atoms with van der Waals surface area (Å²) in [5.41, 5.74) is 2.38. The Morgan fingerprint density at radius 2 is 1.69 bits per heavy atom. The highest BCUT2D eigenvalue weighted by atomic mass is 32.2. The molecule has 0 amide bonds. The summed E-state index contributed by atoms with van der Waals surface area (Å²) in [6, 6.07) is 12.7. The van der Waals surface area contributed by atoms with Crippen LogP contribution in [0.15, 0.2) is 69.9 Å². The molecule has 3 aromatic rings. The number of hydrogen-bond donors (Lipinski definition) is 2. The predicted molar refractivity (Wildman–Crippen MR) is 110 cm³/mol. The molecule has 0 radical (unpaired) electrons. The Labute approximate surface area is 169 Å². The topological polar surface area (TPSA) is 113 Å². The van der Waals surface area contributed by atoms with Crippen molar-refractivity contribution < 1.29 is 18.3 Å². The second kappa shape index (κ2) is 8.27. The van der Waals surface area contributed by atoms with Crippen molar-refractivity contribution in [2.24, 2.45) is 10.2 Å². The fourth-order valence-corrected chi connectivity index (χ4v) is 3.82. The van der Waals surface area contributed by atoms with Crippen LogP contribution in [0.4, 0.5) is 17.2 Å². The van der Waals surface area contributed by atoms with Crippen molar-refractivity contribution in [1.29, 1.82) is 0 Å². The number of aromatic nitrogens is 1. The normalized spacial score (nSPS) is 11.6. The van der Waals surface area contributed by atoms with Crippen molar-refractivity contribution in [3.05, 3.63) is 65.9 Å². The number of aryl methyl sites for hydroxylation is 2. The lowest BCUT2D eigenvalue weighted by molar-refractivity contribution is 0.403. The molecule has 0 fully saturated rings. The molecule has 1 heterocycles. The van der Waals surface area contributed by atoms with Crippen LogP contribution >= 0.6 is 0 Å². The summed E-state index contributed by atoms with van der Waals surface area (Å²) < 4.78 is 33.0. The molecule has 0 saturated carbocycles. The van der Waals surface area contributed by atoms with Crippen LogP contribution in [0.25, 0.3) is 0 Å². The van der Waals surface area contributed by atoms with Crippen molar-refractivity contribution in [1.82, 2.24) is 4.98 Å². The highest BCUT2D eigenvalue weighted by Crippen LogP contribution is 2.32. The van der Waals surface area contributed by atoms with Gasteiger partial charge in [-0.2, -0.15) is 10.2 Å². The molecule has 0 aliphatic carbocycles. The van der Waals surface area contributed by atoms with E-state index in [9.17, 15) is 13.5 Å². The van der Waals surface area contributed by atoms with E-state index in [1.807, 2.05) is 0 Å². The third kappa shape index (κ3) is 4.69. The minimum atomic E-state index is -3.89. The standard InChI is InChI=1S/C20H20N4O4S/c1-13-10-16(11-14(2)20(13)25)23-22-15-7-8-18(17(12-15)28-3)29(26,27)24-19-6-4-5-9-21-19/h4-12,25H,1-3H3,(H,21,24)/b23-22+. The summed E-state index contributed by atoms with van der Waals surface area (Å²) in [7, 11) is -2.52. The average molecular weight is 412 g/mol. The fraction of sp³-hybridized carbons (Fsp3) is 0.150. The molecule has 29 heavy (non-hydrogen) atoms. The number of nitrogens with zero attached hydrogens (tertiary/aromatic N) is 3. The monoisotopic (exact) mass is 412 g/mol. The minimum Gasteiger partial charge on any atom is -0.507 e. The molecule has 3 rings (SSSR count). The zero-order chi connectivity index (χ0) is 21.0. The van der Waals surface area contributed by atoms with Gasteiger partial charge in [0.15, 0.2) is 0 Å². The molecule has 2 N–H and O–H groups in total. The molecule has 0 bridgehead atoms. The first-order valence-electron chi connectivity index (χ1n) is 8.64. The van der Waals surface area contributed by atoms with Gasteiger partial charge in [0.25, 0.3) is 10.0 Å². The number of ether oxygens (including phenoxy) is 1. The first-order chi connectivity index (χ1) is 13.8. The summed E-state index contributed by atoms with van der Waals surface area (Å²) >= 11 is 0. The predicted octanol–water partition coefficient (Wildman–Crippen LogP) is 4.63. The summed E-state index contributed by atoms with van der Waals surface area (Å²) in [6.07, 6.45) is 1.49. The number of pyridine rings is 1. The maximum atomic E-state index is 12.7. The van der Waals surface area contributed by atoms with Crippen LogP contribution in [-0.2, 0) is 10.0 Å². The molecule has 0 atom stereocenters. The van der Waals surface area contributed by atoms with Crippen LogP contribution in [0.3, 0.4) is 0 Å². The Morgan fingerprint density at radius 1 is 1.00 bits per heavy atom. The van der Waals surface area contributed by atoms with Crippen LogP contribution in [0.2, 0.25) is 0 Å². The minimum absolute atomic E-state index is 0.0408. The van der Waals surface area contributed by atoms with Gasteiger partial charge in [0, 0.05) is 12.3 Å². The number of phenolic OH excluding ortho intramolecular Hbond substituents is 1. The Kier molecular flexibility index (Phi) is 5.79. The van der Waals surface area contributed by atoms with E-state index in [1.54, 1.807) is 44.2 Å². The molecule has 0 aliphatic rings. The molecular weight excluding hydrogens is 392 g/mol. The van der Waals surface area contributed by atoms with Gasteiger partial charge in [-0.25, -0.2) is 13.4 Å². The number of azo groups is 1. The molecule has 2 aromatic carbocycles. The lowest BCUT2D eigenvalue weighted by Gasteiger charge is -2.11. The highest BCUT2D eigenvalue weighted by Gasteiger charge is 2.20. The number of aromatic hydroxyl groups is 1. The van der Waals surface area contributed by atoms with Crippen molar-refractivity contribution in [2.75, 3.05) is 11.8 Å². The van der Waals surface area contributed by atoms with Crippen LogP contribution in [0.1, 0.15) is 11.1 Å². The van der Waals surface area contributed by atoms with E-state index in [4.69, 9.17) is 4.74 Å². The van der Waals surface area contributed by atoms with Gasteiger partial charge in [-0.3, -0.25) is 4.72 Å². The number of benzene rings is 2. The number of anilines is 1. The third-order valence-electron chi connectivity index (χ3n) is 4.10. The maximum Gasteiger partial charge on any atom is 0.266 e. The van der Waals surface area contributed by atoms with Gasteiger partial charge in [0.1, 0.15) is 22.2 Å². The summed E-state index contributed by atoms with van der Waals surface area (Å²) in [6.45, 7) is 3.55. The summed E-state index contributed by atoms with van der Waals surface area (Å²) in [5.74, 6) is 0.555. The van der Waals surface area contributed by atoms with Gasteiger partial charge in [0.05, 0.1) is 18.5 Å². The maximum absolute atomic E-state index is 12.7. The first-order valence-corrected chi connectivity index (χ1v) is 10.1. The van der Waals surface area contributed by atoms with Crippen LogP contribution in [0.5, 0.6) is 11.5 Å². The number of hydrogen-bond acceptors (Lipinski definition) is 7. The number of sulfonamides is 1. The average Bonchev–Trinajstić information content (AvgIpc) is 2.70. The van der Waals surface area contributed by atoms with Crippen LogP contribution in [-0.4, -0.2) is 25.6 Å². The second-order valence-electron chi connectivity index (χ2n) is 6.28. The van der Waals surface area contributed by atoms with Crippen LogP contribution < -0.4 is 9.46 Å². The van der Waals surface area contributed by atoms with E-state index < -0.39 is 10.0 Å². The summed E-state index contributed by atoms with van der Waals surface area (Å²) in [5, 5.41) is 18.1. The van der Waals surface area contributed by atoms with Crippen LogP contribution in [0, 0.1) is 13.8 Å². The SMILES string of the molecule is COc1cc(/N=N/c2cc(C)c(O)c(C)c2)ccc1S(=O)(=O)Nc1ccccn1. The van der Waals surface area contributed by atoms with Crippen molar-refractivity contribution in [2.45, 2.75) is 18.7 Å². The van der Waals surface area contributed by atoms with Crippen molar-refractivity contribution in [3.8, 4) is 11.5 Å². The molecule has 0 aliphatic heterocycles. The van der Waals surface area contributed by atoms with Crippen molar-refractivity contribution >= 4 is 27.2 Å². The van der Waals surface area contributed by atoms with E-state index >= 15 is 0 Å². The van der Waals surface area contributed by atoms with E-state index in [-0.39, 0.29) is 22.2 Å². The molecule has 0 spiro atoms. The first kappa shape index (κ1) is 20.3. The van der Waals surface area contributed by atoms with E-state index in [1.165, 1.54) is 31.5 Å². The highest BCUT2D eigenvalue weighted by molar-refractivity contribution is 7.92. The largest absolute Gasteiger partial charge is 0.507 e. The molecule has 8 nitrogen and oxygen atoms in total. The number of phenols is 1. The van der Waals surface area contributed by atoms with Gasteiger partial charge in [-0.15, -0.1) is 0 Å². The number of rotatable bonds is 6. The Hall–Kier alpha value is -3.46. The third-order valence-corrected chi connectivity index (χ3v) is 5.49. The smallest absolute Gasteiger partial charge is 0.266 e. The van der Waals surface area contributed by atoms with Gasteiger partial charge >= 0.3 is 0 Å². The summed E-state index contributed by atoms with van der Waals surface area (Å²) in [4.78, 5) is 3.92. The molecular formula is C20H20N4O4S. The van der Waals surface area contributed by atoms with Gasteiger partial charge in [-0.1, -0.05) is 6.07 Å². The fourth-order valence-electron chi connectivity index (χ4n) is 2.66. The molecule has 0 unspecified atom stereocenters. The lowest BCUT2D eigenvalue weighted by Crippen LogP contribution is -2.14. The van der Waals surface area contributed by atoms with Gasteiger partial charge < -0.3 is 9.84 Å². The second-order valence-corrected chi connectivity index (χ2v) is 7.93. The number of nitrogens with one attached hydrogen (secondary N) is 1. The molecule has 150 valence electrons. The Morgan fingerprint density at radius 3 is 2.31 bits per heavy atom. The molecule has 1 aromatic heterocycles. The van der Waals surface area contributed by atoms with E-state index in [2.05, 4.69) is 19.9 Å². The quantitative estimate of drug-likeness (QED) is 0.573. The Bertz CT molecular complexity index is 1140. The zero-order valence-corrected chi connectivity index (χ0v) is 16.9. The zero-order valence-electron chi connectivity index (χ0n) is 16.1.